The van der Waals surface area contributed by atoms with Gasteiger partial charge in [0, 0.05) is 5.41 Å². The largest absolute Gasteiger partial charge is 0.434 e. The SMILES string of the molecule is CC(C)(C)C(=O)/C(=N\OC(=O)CC1CCCCC1)c1nc2cc3ccccc3cc2o1. The fourth-order valence-corrected chi connectivity index (χ4v) is 4.01. The molecule has 0 spiro atoms. The number of rotatable bonds is 5. The Morgan fingerprint density at radius 2 is 1.77 bits per heavy atom. The second-order valence-corrected chi connectivity index (χ2v) is 9.38. The van der Waals surface area contributed by atoms with E-state index in [4.69, 9.17) is 9.25 Å². The van der Waals surface area contributed by atoms with E-state index in [0.29, 0.717) is 23.4 Å². The molecule has 1 aliphatic carbocycles. The van der Waals surface area contributed by atoms with Crippen molar-refractivity contribution in [3.8, 4) is 0 Å². The van der Waals surface area contributed by atoms with Crippen LogP contribution in [0.1, 0.15) is 65.2 Å². The zero-order valence-electron chi connectivity index (χ0n) is 18.3. The Hall–Kier alpha value is -3.02. The third kappa shape index (κ3) is 4.84. The Morgan fingerprint density at radius 1 is 1.10 bits per heavy atom. The maximum atomic E-state index is 13.1. The molecule has 6 heteroatoms. The standard InChI is InChI=1S/C25H28N2O4/c1-25(2,3)23(29)22(27-31-21(28)13-16-9-5-4-6-10-16)24-26-19-14-17-11-7-8-12-18(17)15-20(19)30-24/h7-8,11-12,14-16H,4-6,9-10,13H2,1-3H3/b27-22+. The number of Topliss-reactive ketones (excluding diaryl/α,β-unsaturated/α-hetero) is 1. The monoisotopic (exact) mass is 420 g/mol. The summed E-state index contributed by atoms with van der Waals surface area (Å²) in [6, 6.07) is 11.7. The summed E-state index contributed by atoms with van der Waals surface area (Å²) in [6.45, 7) is 5.35. The summed E-state index contributed by atoms with van der Waals surface area (Å²) < 4.78 is 5.88. The lowest BCUT2D eigenvalue weighted by Gasteiger charge is -2.19. The van der Waals surface area contributed by atoms with Crippen LogP contribution in [0.5, 0.6) is 0 Å². The van der Waals surface area contributed by atoms with Crippen molar-refractivity contribution < 1.29 is 18.8 Å². The van der Waals surface area contributed by atoms with Crippen LogP contribution in [-0.2, 0) is 14.4 Å². The van der Waals surface area contributed by atoms with Crippen LogP contribution in [0.2, 0.25) is 0 Å². The maximum absolute atomic E-state index is 13.1. The van der Waals surface area contributed by atoms with Crippen molar-refractivity contribution in [3.05, 3.63) is 42.3 Å². The number of benzene rings is 2. The van der Waals surface area contributed by atoms with Crippen LogP contribution in [0.15, 0.2) is 46.0 Å². The molecular formula is C25H28N2O4. The number of oxime groups is 1. The van der Waals surface area contributed by atoms with Gasteiger partial charge < -0.3 is 9.25 Å². The van der Waals surface area contributed by atoms with E-state index in [2.05, 4.69) is 10.1 Å². The van der Waals surface area contributed by atoms with E-state index in [9.17, 15) is 9.59 Å². The summed E-state index contributed by atoms with van der Waals surface area (Å²) in [7, 11) is 0. The normalized spacial score (nSPS) is 16.0. The van der Waals surface area contributed by atoms with Crippen LogP contribution in [0.3, 0.4) is 0 Å². The number of aromatic nitrogens is 1. The van der Waals surface area contributed by atoms with Gasteiger partial charge in [-0.3, -0.25) is 4.79 Å². The highest BCUT2D eigenvalue weighted by Crippen LogP contribution is 2.28. The number of carbonyl (C=O) groups excluding carboxylic acids is 2. The van der Waals surface area contributed by atoms with E-state index < -0.39 is 11.4 Å². The molecule has 1 aliphatic rings. The molecule has 1 fully saturated rings. The van der Waals surface area contributed by atoms with Crippen molar-refractivity contribution in [2.75, 3.05) is 0 Å². The van der Waals surface area contributed by atoms with Crippen LogP contribution in [0, 0.1) is 11.3 Å². The lowest BCUT2D eigenvalue weighted by molar-refractivity contribution is -0.145. The first-order valence-corrected chi connectivity index (χ1v) is 10.9. The van der Waals surface area contributed by atoms with Crippen molar-refractivity contribution >= 4 is 39.3 Å². The van der Waals surface area contributed by atoms with Crippen LogP contribution in [0.25, 0.3) is 21.9 Å². The van der Waals surface area contributed by atoms with Crippen molar-refractivity contribution in [2.45, 2.75) is 59.3 Å². The number of hydrogen-bond donors (Lipinski definition) is 0. The fourth-order valence-electron chi connectivity index (χ4n) is 4.01. The minimum Gasteiger partial charge on any atom is -0.434 e. The van der Waals surface area contributed by atoms with Gasteiger partial charge in [-0.2, -0.15) is 0 Å². The first-order valence-electron chi connectivity index (χ1n) is 10.9. The molecule has 0 N–H and O–H groups in total. The second-order valence-electron chi connectivity index (χ2n) is 9.38. The van der Waals surface area contributed by atoms with E-state index in [1.165, 1.54) is 6.42 Å². The van der Waals surface area contributed by atoms with Crippen molar-refractivity contribution in [1.82, 2.24) is 4.98 Å². The third-order valence-corrected chi connectivity index (χ3v) is 5.77. The zero-order chi connectivity index (χ0) is 22.0. The molecule has 1 saturated carbocycles. The lowest BCUT2D eigenvalue weighted by atomic mass is 9.87. The first kappa shape index (κ1) is 21.2. The van der Waals surface area contributed by atoms with Gasteiger partial charge in [-0.05, 0) is 41.7 Å². The highest BCUT2D eigenvalue weighted by molar-refractivity contribution is 6.46. The van der Waals surface area contributed by atoms with E-state index in [1.807, 2.05) is 36.4 Å². The Balaban J connectivity index is 1.64. The van der Waals surface area contributed by atoms with Gasteiger partial charge in [-0.15, -0.1) is 0 Å². The summed E-state index contributed by atoms with van der Waals surface area (Å²) in [5.74, 6) is -0.326. The number of carbonyl (C=O) groups is 2. The Morgan fingerprint density at radius 3 is 2.45 bits per heavy atom. The highest BCUT2D eigenvalue weighted by Gasteiger charge is 2.32. The van der Waals surface area contributed by atoms with Gasteiger partial charge in [0.05, 0.1) is 6.42 Å². The van der Waals surface area contributed by atoms with Gasteiger partial charge in [0.25, 0.3) is 5.89 Å². The summed E-state index contributed by atoms with van der Waals surface area (Å²) in [5.41, 5.74) is 0.373. The fraction of sp³-hybridized carbons (Fsp3) is 0.440. The van der Waals surface area contributed by atoms with E-state index in [1.54, 1.807) is 20.8 Å². The van der Waals surface area contributed by atoms with Crippen molar-refractivity contribution in [3.63, 3.8) is 0 Å². The zero-order valence-corrected chi connectivity index (χ0v) is 18.3. The number of hydrogen-bond acceptors (Lipinski definition) is 6. The predicted octanol–water partition coefficient (Wildman–Crippen LogP) is 5.81. The molecule has 0 bridgehead atoms. The smallest absolute Gasteiger partial charge is 0.335 e. The second kappa shape index (κ2) is 8.61. The molecule has 0 aliphatic heterocycles. The van der Waals surface area contributed by atoms with Gasteiger partial charge in [-0.1, -0.05) is 69.5 Å². The Bertz CT molecular complexity index is 1090. The topological polar surface area (TPSA) is 81.8 Å². The summed E-state index contributed by atoms with van der Waals surface area (Å²) >= 11 is 0. The molecule has 31 heavy (non-hydrogen) atoms. The molecule has 0 unspecified atom stereocenters. The van der Waals surface area contributed by atoms with Crippen LogP contribution in [-0.4, -0.2) is 22.4 Å². The van der Waals surface area contributed by atoms with Gasteiger partial charge >= 0.3 is 5.97 Å². The average Bonchev–Trinajstić information content (AvgIpc) is 3.14. The molecule has 162 valence electrons. The molecule has 0 radical (unpaired) electrons. The number of ketones is 1. The van der Waals surface area contributed by atoms with Gasteiger partial charge in [0.1, 0.15) is 5.52 Å². The molecule has 1 heterocycles. The first-order chi connectivity index (χ1) is 14.8. The van der Waals surface area contributed by atoms with Crippen molar-refractivity contribution in [2.24, 2.45) is 16.5 Å². The molecule has 3 aromatic rings. The van der Waals surface area contributed by atoms with Crippen LogP contribution < -0.4 is 0 Å². The molecule has 0 saturated heterocycles. The minimum atomic E-state index is -0.736. The minimum absolute atomic E-state index is 0.0650. The van der Waals surface area contributed by atoms with Gasteiger partial charge in [0.2, 0.25) is 5.71 Å². The average molecular weight is 421 g/mol. The third-order valence-electron chi connectivity index (χ3n) is 5.77. The quantitative estimate of drug-likeness (QED) is 0.295. The maximum Gasteiger partial charge on any atom is 0.335 e. The van der Waals surface area contributed by atoms with E-state index in [0.717, 1.165) is 36.5 Å². The molecule has 4 rings (SSSR count). The molecule has 0 atom stereocenters. The summed E-state index contributed by atoms with van der Waals surface area (Å²) in [5, 5.41) is 5.99. The highest BCUT2D eigenvalue weighted by atomic mass is 16.7. The van der Waals surface area contributed by atoms with Crippen LogP contribution in [0.4, 0.5) is 0 Å². The number of oxazole rings is 1. The lowest BCUT2D eigenvalue weighted by Crippen LogP contribution is -2.30. The van der Waals surface area contributed by atoms with Gasteiger partial charge in [0.15, 0.2) is 11.4 Å². The number of fused-ring (bicyclic) bond motifs is 2. The molecule has 6 nitrogen and oxygen atoms in total. The summed E-state index contributed by atoms with van der Waals surface area (Å²) in [4.78, 5) is 35.1. The summed E-state index contributed by atoms with van der Waals surface area (Å²) in [6.07, 6.45) is 5.90. The molecular weight excluding hydrogens is 392 g/mol. The van der Waals surface area contributed by atoms with Crippen molar-refractivity contribution in [1.29, 1.82) is 0 Å². The van der Waals surface area contributed by atoms with Crippen LogP contribution >= 0.6 is 0 Å². The molecule has 0 amide bonds. The number of nitrogens with zero attached hydrogens (tertiary/aromatic N) is 2. The molecule has 2 aromatic carbocycles. The van der Waals surface area contributed by atoms with E-state index in [-0.39, 0.29) is 17.4 Å². The van der Waals surface area contributed by atoms with Gasteiger partial charge in [-0.25, -0.2) is 9.78 Å². The predicted molar refractivity (Wildman–Crippen MR) is 120 cm³/mol. The molecule has 1 aromatic heterocycles. The van der Waals surface area contributed by atoms with E-state index >= 15 is 0 Å². The Kier molecular flexibility index (Phi) is 5.90. The Labute approximate surface area is 181 Å².